The van der Waals surface area contributed by atoms with E-state index in [4.69, 9.17) is 10.00 Å². The van der Waals surface area contributed by atoms with Crippen molar-refractivity contribution >= 4 is 21.6 Å². The van der Waals surface area contributed by atoms with Gasteiger partial charge in [-0.25, -0.2) is 0 Å². The molecule has 0 aliphatic carbocycles. The summed E-state index contributed by atoms with van der Waals surface area (Å²) in [5, 5.41) is 22.0. The number of ether oxygens (including phenoxy) is 1. The molecule has 0 amide bonds. The highest BCUT2D eigenvalue weighted by atomic mass is 79.9. The van der Waals surface area contributed by atoms with Crippen LogP contribution in [-0.2, 0) is 6.54 Å². The fraction of sp³-hybridized carbons (Fsp3) is 0.133. The Hall–Kier alpha value is -2.19. The molecule has 2 rings (SSSR count). The molecule has 2 N–H and O–H groups in total. The second kappa shape index (κ2) is 6.31. The predicted octanol–water partition coefficient (Wildman–Crippen LogP) is 3.65. The Balaban J connectivity index is 2.13. The van der Waals surface area contributed by atoms with E-state index in [9.17, 15) is 5.11 Å². The lowest BCUT2D eigenvalue weighted by atomic mass is 10.1. The summed E-state index contributed by atoms with van der Waals surface area (Å²) in [6.45, 7) is 0.508. The van der Waals surface area contributed by atoms with Crippen molar-refractivity contribution < 1.29 is 9.84 Å². The molecule has 0 radical (unpaired) electrons. The maximum atomic E-state index is 9.71. The van der Waals surface area contributed by atoms with Crippen molar-refractivity contribution in [1.29, 1.82) is 5.26 Å². The number of hydrogen-bond acceptors (Lipinski definition) is 4. The van der Waals surface area contributed by atoms with Gasteiger partial charge in [0.05, 0.1) is 18.4 Å². The smallest absolute Gasteiger partial charge is 0.160 e. The minimum atomic E-state index is 0.100. The highest BCUT2D eigenvalue weighted by molar-refractivity contribution is 9.10. The highest BCUT2D eigenvalue weighted by Crippen LogP contribution is 2.27. The number of rotatable bonds is 4. The van der Waals surface area contributed by atoms with Gasteiger partial charge in [0.15, 0.2) is 11.5 Å². The molecule has 0 atom stereocenters. The van der Waals surface area contributed by atoms with E-state index in [-0.39, 0.29) is 5.75 Å². The van der Waals surface area contributed by atoms with Gasteiger partial charge in [-0.05, 0) is 35.9 Å². The number of hydrogen-bond donors (Lipinski definition) is 2. The summed E-state index contributed by atoms with van der Waals surface area (Å²) < 4.78 is 5.86. The van der Waals surface area contributed by atoms with E-state index < -0.39 is 0 Å². The molecule has 0 saturated carbocycles. The van der Waals surface area contributed by atoms with Crippen molar-refractivity contribution in [3.05, 3.63) is 52.0 Å². The minimum absolute atomic E-state index is 0.100. The second-order valence-electron chi connectivity index (χ2n) is 4.16. The van der Waals surface area contributed by atoms with Crippen LogP contribution >= 0.6 is 15.9 Å². The van der Waals surface area contributed by atoms with E-state index in [0.29, 0.717) is 17.9 Å². The first kappa shape index (κ1) is 14.2. The molecule has 0 spiro atoms. The maximum absolute atomic E-state index is 9.71. The summed E-state index contributed by atoms with van der Waals surface area (Å²) in [5.41, 5.74) is 2.22. The first-order valence-corrected chi connectivity index (χ1v) is 6.72. The number of aromatic hydroxyl groups is 1. The van der Waals surface area contributed by atoms with Crippen molar-refractivity contribution in [1.82, 2.24) is 0 Å². The zero-order valence-corrected chi connectivity index (χ0v) is 12.4. The zero-order chi connectivity index (χ0) is 14.5. The highest BCUT2D eigenvalue weighted by Gasteiger charge is 2.05. The fourth-order valence-corrected chi connectivity index (χ4v) is 2.17. The molecule has 0 unspecified atom stereocenters. The van der Waals surface area contributed by atoms with Gasteiger partial charge < -0.3 is 15.2 Å². The number of benzene rings is 2. The Morgan fingerprint density at radius 2 is 2.10 bits per heavy atom. The largest absolute Gasteiger partial charge is 0.504 e. The third kappa shape index (κ3) is 3.22. The Morgan fingerprint density at radius 3 is 2.75 bits per heavy atom. The van der Waals surface area contributed by atoms with Gasteiger partial charge in [-0.2, -0.15) is 5.26 Å². The summed E-state index contributed by atoms with van der Waals surface area (Å²) in [6.07, 6.45) is 0. The number of nitriles is 1. The molecule has 0 saturated heterocycles. The summed E-state index contributed by atoms with van der Waals surface area (Å²) in [5.74, 6) is 0.540. The second-order valence-corrected chi connectivity index (χ2v) is 5.08. The van der Waals surface area contributed by atoms with Crippen molar-refractivity contribution in [3.8, 4) is 17.6 Å². The summed E-state index contributed by atoms with van der Waals surface area (Å²) in [7, 11) is 1.51. The molecule has 0 aliphatic heterocycles. The van der Waals surface area contributed by atoms with Gasteiger partial charge in [0, 0.05) is 11.0 Å². The van der Waals surface area contributed by atoms with E-state index >= 15 is 0 Å². The summed E-state index contributed by atoms with van der Waals surface area (Å²) >= 11 is 3.33. The third-order valence-corrected chi connectivity index (χ3v) is 3.32. The van der Waals surface area contributed by atoms with Gasteiger partial charge >= 0.3 is 0 Å². The molecule has 2 aromatic carbocycles. The quantitative estimate of drug-likeness (QED) is 0.896. The minimum Gasteiger partial charge on any atom is -0.504 e. The average Bonchev–Trinajstić information content (AvgIpc) is 2.46. The van der Waals surface area contributed by atoms with Crippen LogP contribution in [0.15, 0.2) is 40.9 Å². The molecule has 0 aliphatic rings. The summed E-state index contributed by atoms with van der Waals surface area (Å²) in [4.78, 5) is 0. The Morgan fingerprint density at radius 1 is 1.30 bits per heavy atom. The van der Waals surface area contributed by atoms with Crippen molar-refractivity contribution in [2.24, 2.45) is 0 Å². The summed E-state index contributed by atoms with van der Waals surface area (Å²) in [6, 6.07) is 12.8. The lowest BCUT2D eigenvalue weighted by Crippen LogP contribution is -2.01. The Kier molecular flexibility index (Phi) is 4.49. The van der Waals surface area contributed by atoms with Crippen molar-refractivity contribution in [2.75, 3.05) is 12.4 Å². The number of nitrogens with zero attached hydrogens (tertiary/aromatic N) is 1. The topological polar surface area (TPSA) is 65.3 Å². The number of nitrogens with one attached hydrogen (secondary N) is 1. The van der Waals surface area contributed by atoms with Gasteiger partial charge in [0.1, 0.15) is 6.07 Å². The molecule has 0 heterocycles. The average molecular weight is 333 g/mol. The molecular formula is C15H13BrN2O2. The Labute approximate surface area is 125 Å². The number of halogens is 1. The Bertz CT molecular complexity index is 665. The SMILES string of the molecule is COc1ccc(CNc2ccc(Br)cc2C#N)cc1O. The van der Waals surface area contributed by atoms with Crippen LogP contribution in [0.25, 0.3) is 0 Å². The fourth-order valence-electron chi connectivity index (χ4n) is 1.81. The van der Waals surface area contributed by atoms with Gasteiger partial charge in [-0.15, -0.1) is 0 Å². The van der Waals surface area contributed by atoms with Crippen LogP contribution in [0.5, 0.6) is 11.5 Å². The van der Waals surface area contributed by atoms with E-state index in [2.05, 4.69) is 27.3 Å². The monoisotopic (exact) mass is 332 g/mol. The van der Waals surface area contributed by atoms with Gasteiger partial charge in [-0.3, -0.25) is 0 Å². The maximum Gasteiger partial charge on any atom is 0.160 e. The molecule has 2 aromatic rings. The van der Waals surface area contributed by atoms with Crippen LogP contribution < -0.4 is 10.1 Å². The van der Waals surface area contributed by atoms with Gasteiger partial charge in [0.2, 0.25) is 0 Å². The number of phenolic OH excluding ortho intramolecular Hbond substituents is 1. The normalized spacial score (nSPS) is 9.85. The molecular weight excluding hydrogens is 320 g/mol. The molecule has 102 valence electrons. The van der Waals surface area contributed by atoms with E-state index in [0.717, 1.165) is 15.7 Å². The molecule has 0 aromatic heterocycles. The van der Waals surface area contributed by atoms with Gasteiger partial charge in [0.25, 0.3) is 0 Å². The number of methoxy groups -OCH3 is 1. The number of phenols is 1. The van der Waals surface area contributed by atoms with Crippen LogP contribution in [-0.4, -0.2) is 12.2 Å². The van der Waals surface area contributed by atoms with E-state index in [1.165, 1.54) is 7.11 Å². The van der Waals surface area contributed by atoms with Crippen LogP contribution in [0.2, 0.25) is 0 Å². The molecule has 4 nitrogen and oxygen atoms in total. The zero-order valence-electron chi connectivity index (χ0n) is 10.9. The molecule has 0 fully saturated rings. The van der Waals surface area contributed by atoms with Crippen LogP contribution in [0.3, 0.4) is 0 Å². The van der Waals surface area contributed by atoms with E-state index in [1.807, 2.05) is 18.2 Å². The first-order chi connectivity index (χ1) is 9.63. The lowest BCUT2D eigenvalue weighted by Gasteiger charge is -2.10. The van der Waals surface area contributed by atoms with Crippen LogP contribution in [0, 0.1) is 11.3 Å². The van der Waals surface area contributed by atoms with Crippen LogP contribution in [0.4, 0.5) is 5.69 Å². The van der Waals surface area contributed by atoms with Crippen LogP contribution in [0.1, 0.15) is 11.1 Å². The van der Waals surface area contributed by atoms with E-state index in [1.54, 1.807) is 18.2 Å². The number of anilines is 1. The molecule has 20 heavy (non-hydrogen) atoms. The molecule has 0 bridgehead atoms. The third-order valence-electron chi connectivity index (χ3n) is 2.83. The lowest BCUT2D eigenvalue weighted by molar-refractivity contribution is 0.373. The standard InChI is InChI=1S/C15H13BrN2O2/c1-20-15-5-2-10(6-14(15)19)9-18-13-4-3-12(16)7-11(13)8-17/h2-7,18-19H,9H2,1H3. The van der Waals surface area contributed by atoms with Gasteiger partial charge in [-0.1, -0.05) is 22.0 Å². The van der Waals surface area contributed by atoms with Crippen molar-refractivity contribution in [3.63, 3.8) is 0 Å². The predicted molar refractivity (Wildman–Crippen MR) is 80.8 cm³/mol. The molecule has 5 heteroatoms. The first-order valence-electron chi connectivity index (χ1n) is 5.93. The van der Waals surface area contributed by atoms with Crippen molar-refractivity contribution in [2.45, 2.75) is 6.54 Å².